The largest absolute Gasteiger partial charge is 0.296 e. The van der Waals surface area contributed by atoms with Gasteiger partial charge >= 0.3 is 0 Å². The van der Waals surface area contributed by atoms with E-state index in [1.807, 2.05) is 43.3 Å². The Morgan fingerprint density at radius 3 is 2.66 bits per heavy atom. The number of aryl methyl sites for hydroxylation is 2. The summed E-state index contributed by atoms with van der Waals surface area (Å²) in [4.78, 5) is 12.3. The maximum atomic E-state index is 12.8. The number of nitrogens with one attached hydrogen (secondary N) is 2. The van der Waals surface area contributed by atoms with Gasteiger partial charge < -0.3 is 0 Å². The summed E-state index contributed by atoms with van der Waals surface area (Å²) < 4.78 is 28.2. The predicted molar refractivity (Wildman–Crippen MR) is 111 cm³/mol. The fourth-order valence-electron chi connectivity index (χ4n) is 3.36. The molecule has 2 aromatic carbocycles. The van der Waals surface area contributed by atoms with Gasteiger partial charge in [0, 0.05) is 11.6 Å². The van der Waals surface area contributed by atoms with Gasteiger partial charge in [-0.15, -0.1) is 10.2 Å². The number of nitrogens with zero attached hydrogens (tertiary/aromatic N) is 2. The van der Waals surface area contributed by atoms with E-state index in [0.717, 1.165) is 47.3 Å². The highest BCUT2D eigenvalue weighted by Gasteiger charge is 2.28. The average Bonchev–Trinajstić information content (AvgIpc) is 3.18. The van der Waals surface area contributed by atoms with Gasteiger partial charge in [0.25, 0.3) is 15.9 Å². The molecule has 4 rings (SSSR count). The highest BCUT2D eigenvalue weighted by molar-refractivity contribution is 7.91. The van der Waals surface area contributed by atoms with Crippen LogP contribution in [0.2, 0.25) is 0 Å². The number of benzene rings is 2. The molecular formula is C20H20N4O3S2. The van der Waals surface area contributed by atoms with Gasteiger partial charge in [-0.05, 0) is 49.4 Å². The van der Waals surface area contributed by atoms with Crippen LogP contribution in [0.25, 0.3) is 0 Å². The number of anilines is 1. The van der Waals surface area contributed by atoms with Crippen molar-refractivity contribution in [2.75, 3.05) is 5.32 Å². The molecule has 29 heavy (non-hydrogen) atoms. The minimum atomic E-state index is -3.84. The summed E-state index contributed by atoms with van der Waals surface area (Å²) in [5.74, 6) is -0.362. The fraction of sp³-hybridized carbons (Fsp3) is 0.250. The number of sulfonamides is 1. The number of hydrogen-bond donors (Lipinski definition) is 2. The number of amides is 1. The molecule has 0 aliphatic heterocycles. The lowest BCUT2D eigenvalue weighted by atomic mass is 9.88. The molecular weight excluding hydrogens is 408 g/mol. The van der Waals surface area contributed by atoms with Gasteiger partial charge in [0.05, 0.1) is 0 Å². The van der Waals surface area contributed by atoms with Gasteiger partial charge in [0.15, 0.2) is 0 Å². The second kappa shape index (κ2) is 8.02. The van der Waals surface area contributed by atoms with Crippen LogP contribution in [0.3, 0.4) is 0 Å². The Labute approximate surface area is 173 Å². The quantitative estimate of drug-likeness (QED) is 0.606. The van der Waals surface area contributed by atoms with Crippen molar-refractivity contribution in [1.82, 2.24) is 14.9 Å². The van der Waals surface area contributed by atoms with Gasteiger partial charge in [0.1, 0.15) is 0 Å². The third-order valence-electron chi connectivity index (χ3n) is 4.84. The van der Waals surface area contributed by atoms with Crippen LogP contribution in [0.4, 0.5) is 5.13 Å². The minimum Gasteiger partial charge on any atom is -0.296 e. The highest BCUT2D eigenvalue weighted by atomic mass is 32.2. The zero-order valence-electron chi connectivity index (χ0n) is 15.8. The summed E-state index contributed by atoms with van der Waals surface area (Å²) in [6.45, 7) is 1.93. The molecule has 1 aliphatic carbocycles. The first-order chi connectivity index (χ1) is 13.9. The maximum absolute atomic E-state index is 12.8. The van der Waals surface area contributed by atoms with E-state index in [4.69, 9.17) is 0 Å². The molecule has 0 saturated carbocycles. The molecule has 1 aromatic heterocycles. The molecule has 0 spiro atoms. The van der Waals surface area contributed by atoms with E-state index in [1.54, 1.807) is 12.1 Å². The van der Waals surface area contributed by atoms with Crippen LogP contribution in [-0.4, -0.2) is 24.5 Å². The third kappa shape index (κ3) is 4.36. The fourth-order valence-corrected chi connectivity index (χ4v) is 5.52. The summed E-state index contributed by atoms with van der Waals surface area (Å²) in [7, 11) is -3.84. The summed E-state index contributed by atoms with van der Waals surface area (Å²) in [5.41, 5.74) is 3.67. The molecule has 1 unspecified atom stereocenters. The first kappa shape index (κ1) is 19.7. The maximum Gasteiger partial charge on any atom is 0.270 e. The lowest BCUT2D eigenvalue weighted by Crippen LogP contribution is -2.31. The number of aromatic nitrogens is 2. The molecule has 1 amide bonds. The van der Waals surface area contributed by atoms with Crippen LogP contribution in [0, 0.1) is 6.92 Å². The van der Waals surface area contributed by atoms with Crippen molar-refractivity contribution in [2.45, 2.75) is 36.6 Å². The molecule has 1 aliphatic rings. The molecule has 1 heterocycles. The van der Waals surface area contributed by atoms with Gasteiger partial charge in [0.2, 0.25) is 9.47 Å². The van der Waals surface area contributed by atoms with E-state index in [2.05, 4.69) is 20.2 Å². The Balaban J connectivity index is 1.48. The van der Waals surface area contributed by atoms with Crippen molar-refractivity contribution in [2.24, 2.45) is 0 Å². The third-order valence-corrected chi connectivity index (χ3v) is 7.52. The monoisotopic (exact) mass is 428 g/mol. The van der Waals surface area contributed by atoms with E-state index in [0.29, 0.717) is 5.56 Å². The van der Waals surface area contributed by atoms with Crippen molar-refractivity contribution < 1.29 is 13.2 Å². The van der Waals surface area contributed by atoms with Crippen molar-refractivity contribution in [3.63, 3.8) is 0 Å². The second-order valence-corrected chi connectivity index (χ2v) is 9.82. The van der Waals surface area contributed by atoms with Crippen molar-refractivity contribution in [3.05, 3.63) is 70.8 Å². The normalized spacial score (nSPS) is 16.2. The smallest absolute Gasteiger partial charge is 0.270 e. The molecule has 9 heteroatoms. The lowest BCUT2D eigenvalue weighted by Gasteiger charge is -2.25. The average molecular weight is 429 g/mol. The van der Waals surface area contributed by atoms with Gasteiger partial charge in [-0.2, -0.15) is 0 Å². The van der Waals surface area contributed by atoms with Crippen LogP contribution in [0.15, 0.2) is 52.9 Å². The van der Waals surface area contributed by atoms with Gasteiger partial charge in [-0.3, -0.25) is 10.1 Å². The molecule has 1 atom stereocenters. The zero-order valence-corrected chi connectivity index (χ0v) is 17.4. The zero-order chi connectivity index (χ0) is 20.4. The van der Waals surface area contributed by atoms with E-state index in [1.165, 1.54) is 0 Å². The topological polar surface area (TPSA) is 101 Å². The predicted octanol–water partition coefficient (Wildman–Crippen LogP) is 3.45. The molecule has 0 bridgehead atoms. The first-order valence-electron chi connectivity index (χ1n) is 9.24. The number of carbonyl (C=O) groups excluding carboxylic acids is 1. The lowest BCUT2D eigenvalue weighted by molar-refractivity contribution is 0.102. The molecule has 0 saturated heterocycles. The Kier molecular flexibility index (Phi) is 5.44. The van der Waals surface area contributed by atoms with E-state index >= 15 is 0 Å². The van der Waals surface area contributed by atoms with E-state index in [9.17, 15) is 13.2 Å². The minimum absolute atomic E-state index is 0.139. The summed E-state index contributed by atoms with van der Waals surface area (Å²) in [6.07, 6.45) is 2.59. The SMILES string of the molecule is Cc1ccc(C(=O)Nc2nnc(S(=O)(=O)NC3CCCc4ccccc43)s2)cc1. The Bertz CT molecular complexity index is 1140. The Hall–Kier alpha value is -2.62. The van der Waals surface area contributed by atoms with Crippen LogP contribution >= 0.6 is 11.3 Å². The second-order valence-electron chi connectivity index (χ2n) is 6.96. The molecule has 7 nitrogen and oxygen atoms in total. The summed E-state index contributed by atoms with van der Waals surface area (Å²) in [5, 5.41) is 10.3. The van der Waals surface area contributed by atoms with E-state index in [-0.39, 0.29) is 21.4 Å². The number of rotatable bonds is 5. The van der Waals surface area contributed by atoms with Gasteiger partial charge in [-0.25, -0.2) is 13.1 Å². The molecule has 2 N–H and O–H groups in total. The molecule has 0 fully saturated rings. The highest BCUT2D eigenvalue weighted by Crippen LogP contribution is 2.31. The van der Waals surface area contributed by atoms with Gasteiger partial charge in [-0.1, -0.05) is 53.3 Å². The van der Waals surface area contributed by atoms with Crippen molar-refractivity contribution in [1.29, 1.82) is 0 Å². The van der Waals surface area contributed by atoms with Crippen LogP contribution in [-0.2, 0) is 16.4 Å². The first-order valence-corrected chi connectivity index (χ1v) is 11.5. The van der Waals surface area contributed by atoms with Crippen LogP contribution < -0.4 is 10.0 Å². The number of carbonyl (C=O) groups is 1. The van der Waals surface area contributed by atoms with Crippen molar-refractivity contribution >= 4 is 32.4 Å². The van der Waals surface area contributed by atoms with Crippen molar-refractivity contribution in [3.8, 4) is 0 Å². The molecule has 150 valence electrons. The standard InChI is InChI=1S/C20H20N4O3S2/c1-13-9-11-15(12-10-13)18(25)21-19-22-23-20(28-19)29(26,27)24-17-8-4-6-14-5-2-3-7-16(14)17/h2-3,5,7,9-12,17,24H,4,6,8H2,1H3,(H,21,22,25). The van der Waals surface area contributed by atoms with Crippen LogP contribution in [0.1, 0.15) is 45.9 Å². The van der Waals surface area contributed by atoms with Crippen LogP contribution in [0.5, 0.6) is 0 Å². The molecule has 3 aromatic rings. The number of fused-ring (bicyclic) bond motifs is 1. The molecule has 0 radical (unpaired) electrons. The Morgan fingerprint density at radius 1 is 1.10 bits per heavy atom. The summed E-state index contributed by atoms with van der Waals surface area (Å²) in [6, 6.07) is 14.6. The summed E-state index contributed by atoms with van der Waals surface area (Å²) >= 11 is 0.831. The van der Waals surface area contributed by atoms with E-state index < -0.39 is 10.0 Å². The number of hydrogen-bond acceptors (Lipinski definition) is 6. The Morgan fingerprint density at radius 2 is 1.86 bits per heavy atom.